The molecular formula is C15H10FN3O3. The molecule has 0 aliphatic rings. The van der Waals surface area contributed by atoms with Crippen molar-refractivity contribution in [3.05, 3.63) is 60.3 Å². The number of carbonyl (C=O) groups is 2. The van der Waals surface area contributed by atoms with Crippen LogP contribution >= 0.6 is 0 Å². The zero-order chi connectivity index (χ0) is 15.5. The summed E-state index contributed by atoms with van der Waals surface area (Å²) >= 11 is 0. The number of aromatic amines is 1. The van der Waals surface area contributed by atoms with Crippen molar-refractivity contribution >= 4 is 11.6 Å². The molecule has 110 valence electrons. The van der Waals surface area contributed by atoms with Crippen LogP contribution in [0.1, 0.15) is 16.4 Å². The van der Waals surface area contributed by atoms with Crippen LogP contribution in [-0.4, -0.2) is 26.7 Å². The van der Waals surface area contributed by atoms with E-state index in [1.807, 2.05) is 0 Å². The normalized spacial score (nSPS) is 10.6. The first kappa shape index (κ1) is 13.9. The zero-order valence-electron chi connectivity index (χ0n) is 11.2. The summed E-state index contributed by atoms with van der Waals surface area (Å²) < 4.78 is 18.4. The third kappa shape index (κ3) is 2.83. The lowest BCUT2D eigenvalue weighted by atomic mass is 10.1. The molecule has 0 radical (unpaired) electrons. The lowest BCUT2D eigenvalue weighted by Crippen LogP contribution is -2.17. The number of Topliss-reactive ketones (excluding diaryl/α,β-unsaturated/α-hetero) is 2. The van der Waals surface area contributed by atoms with Crippen LogP contribution in [0.5, 0.6) is 0 Å². The fourth-order valence-corrected chi connectivity index (χ4v) is 1.97. The van der Waals surface area contributed by atoms with E-state index in [9.17, 15) is 14.0 Å². The van der Waals surface area contributed by atoms with Crippen molar-refractivity contribution < 1.29 is 18.4 Å². The molecule has 0 saturated carbocycles. The SMILES string of the molecule is O=C(Cc1cc(-c2cccc(F)c2)co1)C(=O)c1nc[nH]n1. The highest BCUT2D eigenvalue weighted by molar-refractivity contribution is 6.42. The maximum Gasteiger partial charge on any atom is 0.268 e. The van der Waals surface area contributed by atoms with Crippen molar-refractivity contribution in [1.29, 1.82) is 0 Å². The third-order valence-electron chi connectivity index (χ3n) is 3.02. The maximum atomic E-state index is 13.2. The molecule has 1 N–H and O–H groups in total. The summed E-state index contributed by atoms with van der Waals surface area (Å²) in [6.45, 7) is 0. The molecule has 0 bridgehead atoms. The van der Waals surface area contributed by atoms with Gasteiger partial charge in [0.25, 0.3) is 5.78 Å². The van der Waals surface area contributed by atoms with Gasteiger partial charge in [-0.25, -0.2) is 9.37 Å². The first-order chi connectivity index (χ1) is 10.6. The van der Waals surface area contributed by atoms with Crippen LogP contribution in [0.4, 0.5) is 4.39 Å². The highest BCUT2D eigenvalue weighted by atomic mass is 19.1. The number of aromatic nitrogens is 3. The smallest absolute Gasteiger partial charge is 0.268 e. The number of halogens is 1. The lowest BCUT2D eigenvalue weighted by molar-refractivity contribution is -0.114. The van der Waals surface area contributed by atoms with Crippen LogP contribution in [-0.2, 0) is 11.2 Å². The third-order valence-corrected chi connectivity index (χ3v) is 3.02. The van der Waals surface area contributed by atoms with Crippen molar-refractivity contribution in [2.75, 3.05) is 0 Å². The Balaban J connectivity index is 1.74. The van der Waals surface area contributed by atoms with Gasteiger partial charge in [0.15, 0.2) is 0 Å². The summed E-state index contributed by atoms with van der Waals surface area (Å²) in [5, 5.41) is 5.93. The molecule has 0 atom stereocenters. The number of ketones is 2. The van der Waals surface area contributed by atoms with E-state index in [0.717, 1.165) is 0 Å². The van der Waals surface area contributed by atoms with Crippen LogP contribution in [0.2, 0.25) is 0 Å². The summed E-state index contributed by atoms with van der Waals surface area (Å²) in [4.78, 5) is 27.2. The highest BCUT2D eigenvalue weighted by Gasteiger charge is 2.21. The monoisotopic (exact) mass is 299 g/mol. The van der Waals surface area contributed by atoms with Gasteiger partial charge in [0.1, 0.15) is 17.9 Å². The van der Waals surface area contributed by atoms with Gasteiger partial charge in [0.2, 0.25) is 11.6 Å². The van der Waals surface area contributed by atoms with Gasteiger partial charge in [-0.15, -0.1) is 5.10 Å². The number of nitrogens with one attached hydrogen (secondary N) is 1. The largest absolute Gasteiger partial charge is 0.468 e. The molecule has 0 aliphatic carbocycles. The molecule has 7 heteroatoms. The molecular weight excluding hydrogens is 289 g/mol. The van der Waals surface area contributed by atoms with E-state index in [1.54, 1.807) is 18.2 Å². The van der Waals surface area contributed by atoms with Crippen molar-refractivity contribution in [3.63, 3.8) is 0 Å². The van der Waals surface area contributed by atoms with E-state index in [0.29, 0.717) is 16.9 Å². The number of hydrogen-bond donors (Lipinski definition) is 1. The number of benzene rings is 1. The average Bonchev–Trinajstić information content (AvgIpc) is 3.18. The molecule has 3 aromatic rings. The molecule has 2 heterocycles. The van der Waals surface area contributed by atoms with Crippen LogP contribution in [0, 0.1) is 5.82 Å². The van der Waals surface area contributed by atoms with Gasteiger partial charge in [0, 0.05) is 5.56 Å². The van der Waals surface area contributed by atoms with E-state index < -0.39 is 11.6 Å². The summed E-state index contributed by atoms with van der Waals surface area (Å²) in [5.41, 5.74) is 1.26. The Labute approximate surface area is 124 Å². The molecule has 22 heavy (non-hydrogen) atoms. The van der Waals surface area contributed by atoms with Gasteiger partial charge < -0.3 is 4.42 Å². The Hall–Kier alpha value is -3.09. The number of carbonyl (C=O) groups excluding carboxylic acids is 2. The van der Waals surface area contributed by atoms with Gasteiger partial charge in [-0.3, -0.25) is 14.7 Å². The number of H-pyrrole nitrogens is 1. The number of hydrogen-bond acceptors (Lipinski definition) is 5. The van der Waals surface area contributed by atoms with Gasteiger partial charge in [-0.05, 0) is 23.8 Å². The fraction of sp³-hybridized carbons (Fsp3) is 0.0667. The quantitative estimate of drug-likeness (QED) is 0.576. The molecule has 2 aromatic heterocycles. The fourth-order valence-electron chi connectivity index (χ4n) is 1.97. The first-order valence-corrected chi connectivity index (χ1v) is 6.40. The van der Waals surface area contributed by atoms with E-state index in [-0.39, 0.29) is 18.1 Å². The second-order valence-corrected chi connectivity index (χ2v) is 4.56. The van der Waals surface area contributed by atoms with Crippen molar-refractivity contribution in [2.24, 2.45) is 0 Å². The van der Waals surface area contributed by atoms with Crippen LogP contribution < -0.4 is 0 Å². The molecule has 6 nitrogen and oxygen atoms in total. The standard InChI is InChI=1S/C15H10FN3O3/c16-11-3-1-2-9(4-11)10-5-12(22-7-10)6-13(20)14(21)15-17-8-18-19-15/h1-5,7-8H,6H2,(H,17,18,19). The van der Waals surface area contributed by atoms with E-state index in [4.69, 9.17) is 4.42 Å². The van der Waals surface area contributed by atoms with Crippen LogP contribution in [0.25, 0.3) is 11.1 Å². The second-order valence-electron chi connectivity index (χ2n) is 4.56. The van der Waals surface area contributed by atoms with Crippen molar-refractivity contribution in [2.45, 2.75) is 6.42 Å². The Morgan fingerprint density at radius 2 is 2.09 bits per heavy atom. The molecule has 0 aliphatic heterocycles. The van der Waals surface area contributed by atoms with Crippen LogP contribution in [0.15, 0.2) is 47.3 Å². The minimum Gasteiger partial charge on any atom is -0.468 e. The predicted molar refractivity (Wildman–Crippen MR) is 73.5 cm³/mol. The molecule has 0 amide bonds. The zero-order valence-corrected chi connectivity index (χ0v) is 11.2. The highest BCUT2D eigenvalue weighted by Crippen LogP contribution is 2.23. The summed E-state index contributed by atoms with van der Waals surface area (Å²) in [7, 11) is 0. The minimum atomic E-state index is -0.787. The Morgan fingerprint density at radius 1 is 1.23 bits per heavy atom. The Kier molecular flexibility index (Phi) is 3.61. The summed E-state index contributed by atoms with van der Waals surface area (Å²) in [6.07, 6.45) is 2.42. The number of rotatable bonds is 5. The van der Waals surface area contributed by atoms with Crippen molar-refractivity contribution in [3.8, 4) is 11.1 Å². The van der Waals surface area contributed by atoms with Gasteiger partial charge >= 0.3 is 0 Å². The van der Waals surface area contributed by atoms with E-state index >= 15 is 0 Å². The minimum absolute atomic E-state index is 0.179. The molecule has 0 saturated heterocycles. The van der Waals surface area contributed by atoms with E-state index in [1.165, 1.54) is 24.7 Å². The topological polar surface area (TPSA) is 88.9 Å². The van der Waals surface area contributed by atoms with Crippen LogP contribution in [0.3, 0.4) is 0 Å². The summed E-state index contributed by atoms with van der Waals surface area (Å²) in [6, 6.07) is 7.59. The molecule has 0 fully saturated rings. The van der Waals surface area contributed by atoms with Gasteiger partial charge in [-0.2, -0.15) is 0 Å². The summed E-state index contributed by atoms with van der Waals surface area (Å²) in [5.74, 6) is -1.70. The number of furan rings is 1. The molecule has 0 unspecified atom stereocenters. The van der Waals surface area contributed by atoms with Gasteiger partial charge in [0.05, 0.1) is 12.7 Å². The molecule has 3 rings (SSSR count). The average molecular weight is 299 g/mol. The Bertz CT molecular complexity index is 824. The molecule has 0 spiro atoms. The second kappa shape index (κ2) is 5.72. The van der Waals surface area contributed by atoms with E-state index in [2.05, 4.69) is 15.2 Å². The Morgan fingerprint density at radius 3 is 2.82 bits per heavy atom. The van der Waals surface area contributed by atoms with Crippen molar-refractivity contribution in [1.82, 2.24) is 15.2 Å². The first-order valence-electron chi connectivity index (χ1n) is 6.40. The maximum absolute atomic E-state index is 13.2. The lowest BCUT2D eigenvalue weighted by Gasteiger charge is -1.95. The molecule has 1 aromatic carbocycles. The number of nitrogens with zero attached hydrogens (tertiary/aromatic N) is 2. The predicted octanol–water partition coefficient (Wildman–Crippen LogP) is 2.20. The van der Waals surface area contributed by atoms with Gasteiger partial charge in [-0.1, -0.05) is 12.1 Å².